The van der Waals surface area contributed by atoms with Crippen LogP contribution in [-0.4, -0.2) is 10.8 Å². The van der Waals surface area contributed by atoms with Crippen LogP contribution in [-0.2, 0) is 6.54 Å². The second kappa shape index (κ2) is 5.10. The zero-order valence-corrected chi connectivity index (χ0v) is 10.7. The zero-order chi connectivity index (χ0) is 12.3. The topological polar surface area (TPSA) is 42.0 Å². The number of aromatic nitrogens is 1. The Kier molecular flexibility index (Phi) is 3.54. The lowest BCUT2D eigenvalue weighted by atomic mass is 10.1. The van der Waals surface area contributed by atoms with Crippen LogP contribution in [0.15, 0.2) is 29.8 Å². The molecule has 0 aliphatic carbocycles. The molecule has 0 bridgehead atoms. The molecule has 0 fully saturated rings. The van der Waals surface area contributed by atoms with Gasteiger partial charge < -0.3 is 5.32 Å². The number of carbonyl (C=O) groups excluding carboxylic acids is 1. The Hall–Kier alpha value is -1.68. The number of rotatable bonds is 4. The summed E-state index contributed by atoms with van der Waals surface area (Å²) < 4.78 is 0. The van der Waals surface area contributed by atoms with E-state index in [9.17, 15) is 4.79 Å². The number of aryl methyl sites for hydroxylation is 1. The first-order chi connectivity index (χ1) is 8.16. The van der Waals surface area contributed by atoms with E-state index in [1.54, 1.807) is 18.3 Å². The summed E-state index contributed by atoms with van der Waals surface area (Å²) in [4.78, 5) is 16.6. The summed E-state index contributed by atoms with van der Waals surface area (Å²) in [5.41, 5.74) is 4.68. The fourth-order valence-electron chi connectivity index (χ4n) is 1.50. The summed E-state index contributed by atoms with van der Waals surface area (Å²) in [7, 11) is 0. The van der Waals surface area contributed by atoms with Crippen molar-refractivity contribution in [3.05, 3.63) is 45.9 Å². The standard InChI is InChI=1S/C13H14N2OS/c1-9-13(17-8-15-9)7-14-12-5-3-11(4-6-12)10(2)16/h3-6,8,14H,7H2,1-2H3. The molecule has 0 spiro atoms. The SMILES string of the molecule is CC(=O)c1ccc(NCc2scnc2C)cc1. The van der Waals surface area contributed by atoms with Gasteiger partial charge >= 0.3 is 0 Å². The van der Waals surface area contributed by atoms with Crippen molar-refractivity contribution in [1.29, 1.82) is 0 Å². The van der Waals surface area contributed by atoms with Crippen molar-refractivity contribution >= 4 is 22.8 Å². The predicted octanol–water partition coefficient (Wildman–Crippen LogP) is 3.27. The van der Waals surface area contributed by atoms with E-state index in [0.717, 1.165) is 23.5 Å². The zero-order valence-electron chi connectivity index (χ0n) is 9.86. The van der Waals surface area contributed by atoms with Gasteiger partial charge in [0.05, 0.1) is 17.7 Å². The molecule has 4 heteroatoms. The van der Waals surface area contributed by atoms with E-state index in [2.05, 4.69) is 10.3 Å². The van der Waals surface area contributed by atoms with Crippen LogP contribution in [0, 0.1) is 6.92 Å². The molecule has 0 saturated carbocycles. The van der Waals surface area contributed by atoms with E-state index >= 15 is 0 Å². The van der Waals surface area contributed by atoms with Gasteiger partial charge in [0, 0.05) is 16.1 Å². The highest BCUT2D eigenvalue weighted by atomic mass is 32.1. The van der Waals surface area contributed by atoms with E-state index < -0.39 is 0 Å². The summed E-state index contributed by atoms with van der Waals surface area (Å²) in [6.45, 7) is 4.35. The molecule has 0 amide bonds. The second-order valence-corrected chi connectivity index (χ2v) is 4.79. The minimum absolute atomic E-state index is 0.0925. The molecule has 0 radical (unpaired) electrons. The lowest BCUT2D eigenvalue weighted by Gasteiger charge is -2.05. The number of benzene rings is 1. The minimum Gasteiger partial charge on any atom is -0.380 e. The van der Waals surface area contributed by atoms with Crippen LogP contribution < -0.4 is 5.32 Å². The number of hydrogen-bond acceptors (Lipinski definition) is 4. The number of ketones is 1. The minimum atomic E-state index is 0.0925. The molecule has 17 heavy (non-hydrogen) atoms. The summed E-state index contributed by atoms with van der Waals surface area (Å²) in [6, 6.07) is 7.52. The van der Waals surface area contributed by atoms with Gasteiger partial charge in [-0.05, 0) is 38.1 Å². The van der Waals surface area contributed by atoms with Gasteiger partial charge in [-0.15, -0.1) is 11.3 Å². The maximum atomic E-state index is 11.1. The summed E-state index contributed by atoms with van der Waals surface area (Å²) in [6.07, 6.45) is 0. The molecule has 0 aliphatic heterocycles. The van der Waals surface area contributed by atoms with Crippen LogP contribution in [0.5, 0.6) is 0 Å². The van der Waals surface area contributed by atoms with E-state index in [4.69, 9.17) is 0 Å². The van der Waals surface area contributed by atoms with Crippen molar-refractivity contribution in [3.63, 3.8) is 0 Å². The number of Topliss-reactive ketones (excluding diaryl/α,β-unsaturated/α-hetero) is 1. The Labute approximate surface area is 105 Å². The van der Waals surface area contributed by atoms with Gasteiger partial charge in [0.25, 0.3) is 0 Å². The van der Waals surface area contributed by atoms with E-state index in [1.807, 2.05) is 36.7 Å². The van der Waals surface area contributed by atoms with Crippen LogP contribution in [0.25, 0.3) is 0 Å². The Bertz CT molecular complexity index is 516. The molecule has 0 aliphatic rings. The van der Waals surface area contributed by atoms with Crippen molar-refractivity contribution in [2.45, 2.75) is 20.4 Å². The number of anilines is 1. The van der Waals surface area contributed by atoms with E-state index in [-0.39, 0.29) is 5.78 Å². The Balaban J connectivity index is 2.00. The van der Waals surface area contributed by atoms with Crippen LogP contribution in [0.1, 0.15) is 27.9 Å². The molecular weight excluding hydrogens is 232 g/mol. The van der Waals surface area contributed by atoms with Crippen LogP contribution in [0.2, 0.25) is 0 Å². The van der Waals surface area contributed by atoms with Crippen molar-refractivity contribution in [1.82, 2.24) is 4.98 Å². The largest absolute Gasteiger partial charge is 0.380 e. The number of nitrogens with zero attached hydrogens (tertiary/aromatic N) is 1. The second-order valence-electron chi connectivity index (χ2n) is 3.85. The third kappa shape index (κ3) is 2.91. The monoisotopic (exact) mass is 246 g/mol. The number of thiazole rings is 1. The van der Waals surface area contributed by atoms with Gasteiger partial charge in [0.15, 0.2) is 5.78 Å². The molecule has 3 nitrogen and oxygen atoms in total. The van der Waals surface area contributed by atoms with Gasteiger partial charge in [-0.2, -0.15) is 0 Å². The molecule has 1 N–H and O–H groups in total. The number of nitrogens with one attached hydrogen (secondary N) is 1. The maximum absolute atomic E-state index is 11.1. The maximum Gasteiger partial charge on any atom is 0.159 e. The van der Waals surface area contributed by atoms with Crippen molar-refractivity contribution in [3.8, 4) is 0 Å². The quantitative estimate of drug-likeness (QED) is 0.842. The predicted molar refractivity (Wildman–Crippen MR) is 70.6 cm³/mol. The lowest BCUT2D eigenvalue weighted by Crippen LogP contribution is -1.99. The Morgan fingerprint density at radius 1 is 1.35 bits per heavy atom. The first-order valence-corrected chi connectivity index (χ1v) is 6.28. The van der Waals surface area contributed by atoms with Crippen LogP contribution in [0.4, 0.5) is 5.69 Å². The highest BCUT2D eigenvalue weighted by Gasteiger charge is 2.02. The molecule has 88 valence electrons. The van der Waals surface area contributed by atoms with Crippen molar-refractivity contribution < 1.29 is 4.79 Å². The Morgan fingerprint density at radius 3 is 2.59 bits per heavy atom. The molecule has 0 unspecified atom stereocenters. The first kappa shape index (κ1) is 11.8. The molecule has 0 saturated heterocycles. The van der Waals surface area contributed by atoms with Crippen molar-refractivity contribution in [2.24, 2.45) is 0 Å². The fourth-order valence-corrected chi connectivity index (χ4v) is 2.22. The molecule has 1 aromatic heterocycles. The van der Waals surface area contributed by atoms with E-state index in [0.29, 0.717) is 0 Å². The highest BCUT2D eigenvalue weighted by molar-refractivity contribution is 7.09. The molecule has 2 rings (SSSR count). The van der Waals surface area contributed by atoms with Gasteiger partial charge in [-0.25, -0.2) is 4.98 Å². The molecule has 2 aromatic rings. The van der Waals surface area contributed by atoms with Gasteiger partial charge in [0.1, 0.15) is 0 Å². The van der Waals surface area contributed by atoms with Gasteiger partial charge in [-0.1, -0.05) is 0 Å². The number of hydrogen-bond donors (Lipinski definition) is 1. The van der Waals surface area contributed by atoms with Crippen LogP contribution >= 0.6 is 11.3 Å². The van der Waals surface area contributed by atoms with Crippen LogP contribution in [0.3, 0.4) is 0 Å². The molecular formula is C13H14N2OS. The summed E-state index contributed by atoms with van der Waals surface area (Å²) >= 11 is 1.65. The van der Waals surface area contributed by atoms with Gasteiger partial charge in [0.2, 0.25) is 0 Å². The summed E-state index contributed by atoms with van der Waals surface area (Å²) in [5, 5.41) is 3.31. The molecule has 1 aromatic carbocycles. The fraction of sp³-hybridized carbons (Fsp3) is 0.231. The normalized spacial score (nSPS) is 10.2. The third-order valence-corrected chi connectivity index (χ3v) is 3.52. The lowest BCUT2D eigenvalue weighted by molar-refractivity contribution is 0.101. The highest BCUT2D eigenvalue weighted by Crippen LogP contribution is 2.16. The Morgan fingerprint density at radius 2 is 2.06 bits per heavy atom. The van der Waals surface area contributed by atoms with Crippen molar-refractivity contribution in [2.75, 3.05) is 5.32 Å². The van der Waals surface area contributed by atoms with E-state index in [1.165, 1.54) is 4.88 Å². The average Bonchev–Trinajstić information content (AvgIpc) is 2.73. The van der Waals surface area contributed by atoms with Gasteiger partial charge in [-0.3, -0.25) is 4.79 Å². The smallest absolute Gasteiger partial charge is 0.159 e. The first-order valence-electron chi connectivity index (χ1n) is 5.40. The summed E-state index contributed by atoms with van der Waals surface area (Å²) in [5.74, 6) is 0.0925. The molecule has 1 heterocycles. The average molecular weight is 246 g/mol. The number of carbonyl (C=O) groups is 1. The molecule has 0 atom stereocenters. The third-order valence-electron chi connectivity index (χ3n) is 2.59.